The number of aromatic nitrogens is 4. The second-order valence-corrected chi connectivity index (χ2v) is 20.0. The number of fused-ring (bicyclic) bond motifs is 3. The molecule has 0 saturated carbocycles. The van der Waals surface area contributed by atoms with Crippen molar-refractivity contribution in [2.45, 2.75) is 0 Å². The Labute approximate surface area is 383 Å². The zero-order chi connectivity index (χ0) is 44.5. The van der Waals surface area contributed by atoms with Crippen molar-refractivity contribution in [3.63, 3.8) is 0 Å². The smallest absolute Gasteiger partial charge is 0.188 e. The van der Waals surface area contributed by atoms with Crippen molar-refractivity contribution in [1.82, 2.24) is 19.5 Å². The van der Waals surface area contributed by atoms with Crippen LogP contribution >= 0.6 is 0 Å². The summed E-state index contributed by atoms with van der Waals surface area (Å²) >= 11 is 0. The highest BCUT2D eigenvalue weighted by Gasteiger charge is 2.41. The summed E-state index contributed by atoms with van der Waals surface area (Å²) in [5, 5.41) is 16.9. The summed E-state index contributed by atoms with van der Waals surface area (Å²) in [7, 11) is -2.84. The normalized spacial score (nSPS) is 11.3. The predicted molar refractivity (Wildman–Crippen MR) is 271 cm³/mol. The summed E-state index contributed by atoms with van der Waals surface area (Å²) in [6.07, 6.45) is 0. The first-order valence-corrected chi connectivity index (χ1v) is 23.8. The van der Waals surface area contributed by atoms with Gasteiger partial charge < -0.3 is 4.57 Å². The van der Waals surface area contributed by atoms with E-state index in [1.54, 1.807) is 0 Å². The Morgan fingerprint density at radius 3 is 1.44 bits per heavy atom. The van der Waals surface area contributed by atoms with Crippen LogP contribution < -0.4 is 20.7 Å². The lowest BCUT2D eigenvalue weighted by molar-refractivity contribution is 1.06. The molecular weight excluding hydrogens is 821 g/mol. The number of benzene rings is 9. The first kappa shape index (κ1) is 39.8. The van der Waals surface area contributed by atoms with E-state index in [1.807, 2.05) is 97.1 Å². The molecule has 0 bridgehead atoms. The van der Waals surface area contributed by atoms with Crippen LogP contribution in [-0.2, 0) is 0 Å². The van der Waals surface area contributed by atoms with Gasteiger partial charge in [-0.15, -0.1) is 0 Å². The lowest BCUT2D eigenvalue weighted by Gasteiger charge is -2.34. The quantitative estimate of drug-likeness (QED) is 0.0823. The van der Waals surface area contributed by atoms with Crippen molar-refractivity contribution < 1.29 is 0 Å². The predicted octanol–water partition coefficient (Wildman–Crippen LogP) is 11.4. The average Bonchev–Trinajstić information content (AvgIpc) is 3.72. The van der Waals surface area contributed by atoms with Crippen LogP contribution in [0.2, 0.25) is 0 Å². The fraction of sp³-hybridized carbons (Fsp3) is 0. The summed E-state index contributed by atoms with van der Waals surface area (Å²) in [6.45, 7) is 7.86. The Morgan fingerprint density at radius 2 is 0.894 bits per heavy atom. The van der Waals surface area contributed by atoms with E-state index in [4.69, 9.17) is 21.5 Å². The number of nitriles is 1. The molecule has 0 spiro atoms. The molecule has 0 saturated heterocycles. The van der Waals surface area contributed by atoms with Gasteiger partial charge in [0.25, 0.3) is 0 Å². The molecule has 0 fully saturated rings. The lowest BCUT2D eigenvalue weighted by Crippen LogP contribution is -2.74. The summed E-state index contributed by atoms with van der Waals surface area (Å²) in [6, 6.07) is 82.4. The highest BCUT2D eigenvalue weighted by molar-refractivity contribution is 7.19. The molecule has 0 atom stereocenters. The molecule has 6 nitrogen and oxygen atoms in total. The minimum atomic E-state index is -2.84. The third-order valence-corrected chi connectivity index (χ3v) is 17.2. The van der Waals surface area contributed by atoms with Gasteiger partial charge in [0.05, 0.1) is 34.9 Å². The summed E-state index contributed by atoms with van der Waals surface area (Å²) in [4.78, 5) is 19.4. The third-order valence-electron chi connectivity index (χ3n) is 12.4. The Hall–Kier alpha value is -9.01. The largest absolute Gasteiger partial charge is 0.309 e. The first-order valence-electron chi connectivity index (χ1n) is 21.8. The zero-order valence-electron chi connectivity index (χ0n) is 35.6. The zero-order valence-corrected chi connectivity index (χ0v) is 36.6. The first-order chi connectivity index (χ1) is 32.6. The van der Waals surface area contributed by atoms with Gasteiger partial charge in [-0.05, 0) is 79.7 Å². The molecule has 7 heteroatoms. The SMILES string of the molecule is [C-]#[N+]c1ccc2c(c1)c1cc(C#N)ccc1n2-c1ccc(-c2cccc([Si](c3ccccc3)(c3ccccc3)c3ccccc3)c2)cc1-c1nc(-c2ccccc2)nc(-c2ccccc2)n1. The van der Waals surface area contributed by atoms with E-state index in [9.17, 15) is 5.26 Å². The molecule has 9 aromatic carbocycles. The molecule has 11 aromatic rings. The van der Waals surface area contributed by atoms with E-state index in [0.717, 1.165) is 55.3 Å². The topological polar surface area (TPSA) is 71.8 Å². The van der Waals surface area contributed by atoms with E-state index in [1.165, 1.54) is 20.7 Å². The van der Waals surface area contributed by atoms with Crippen molar-refractivity contribution in [1.29, 1.82) is 5.26 Å². The number of hydrogen-bond donors (Lipinski definition) is 0. The van der Waals surface area contributed by atoms with Gasteiger partial charge in [-0.25, -0.2) is 19.8 Å². The highest BCUT2D eigenvalue weighted by atomic mass is 28.3. The van der Waals surface area contributed by atoms with E-state index in [-0.39, 0.29) is 0 Å². The van der Waals surface area contributed by atoms with E-state index in [2.05, 4.69) is 149 Å². The third kappa shape index (κ3) is 6.94. The minimum absolute atomic E-state index is 0.513. The highest BCUT2D eigenvalue weighted by Crippen LogP contribution is 2.39. The van der Waals surface area contributed by atoms with E-state index >= 15 is 0 Å². The van der Waals surface area contributed by atoms with Gasteiger partial charge in [0, 0.05) is 22.1 Å². The maximum Gasteiger partial charge on any atom is 0.188 e. The maximum atomic E-state index is 10.0. The Bertz CT molecular complexity index is 3430. The van der Waals surface area contributed by atoms with Crippen molar-refractivity contribution >= 4 is 56.3 Å². The molecule has 0 N–H and O–H groups in total. The van der Waals surface area contributed by atoms with E-state index < -0.39 is 8.07 Å². The summed E-state index contributed by atoms with van der Waals surface area (Å²) in [5.41, 5.74) is 8.32. The fourth-order valence-corrected chi connectivity index (χ4v) is 14.2. The van der Waals surface area contributed by atoms with Crippen LogP contribution in [0.3, 0.4) is 0 Å². The van der Waals surface area contributed by atoms with Gasteiger partial charge in [-0.3, -0.25) is 0 Å². The van der Waals surface area contributed by atoms with Crippen LogP contribution in [0, 0.1) is 17.9 Å². The molecule has 0 amide bonds. The van der Waals surface area contributed by atoms with Crippen molar-refractivity contribution in [2.75, 3.05) is 0 Å². The van der Waals surface area contributed by atoms with Gasteiger partial charge in [0.15, 0.2) is 31.2 Å². The van der Waals surface area contributed by atoms with Crippen LogP contribution in [0.5, 0.6) is 0 Å². The van der Waals surface area contributed by atoms with Crippen LogP contribution in [0.4, 0.5) is 5.69 Å². The molecule has 0 aliphatic rings. The molecule has 66 heavy (non-hydrogen) atoms. The second kappa shape index (κ2) is 16.9. The molecule has 2 heterocycles. The monoisotopic (exact) mass is 858 g/mol. The van der Waals surface area contributed by atoms with Gasteiger partial charge in [-0.1, -0.05) is 188 Å². The molecule has 0 aliphatic carbocycles. The molecule has 308 valence electrons. The van der Waals surface area contributed by atoms with Gasteiger partial charge >= 0.3 is 0 Å². The number of hydrogen-bond acceptors (Lipinski definition) is 4. The van der Waals surface area contributed by atoms with Crippen LogP contribution in [0.15, 0.2) is 231 Å². The van der Waals surface area contributed by atoms with Crippen molar-refractivity contribution in [3.05, 3.63) is 248 Å². The lowest BCUT2D eigenvalue weighted by atomic mass is 10.0. The Balaban J connectivity index is 1.20. The fourth-order valence-electron chi connectivity index (χ4n) is 9.43. The average molecular weight is 859 g/mol. The number of rotatable bonds is 9. The summed E-state index contributed by atoms with van der Waals surface area (Å²) < 4.78 is 2.21. The molecule has 11 rings (SSSR count). The second-order valence-electron chi connectivity index (χ2n) is 16.2. The van der Waals surface area contributed by atoms with Gasteiger partial charge in [0.1, 0.15) is 0 Å². The molecular formula is C59H38N6Si. The molecule has 0 radical (unpaired) electrons. The Morgan fingerprint density at radius 1 is 0.424 bits per heavy atom. The summed E-state index contributed by atoms with van der Waals surface area (Å²) in [5.74, 6) is 1.63. The van der Waals surface area contributed by atoms with Crippen molar-refractivity contribution in [3.8, 4) is 57.0 Å². The standard InChI is InChI=1S/C59H38N6Si/c1-61-46-32-35-55-52(39-46)51-36-41(40-60)30-33-54(51)65(55)56-34-31-45(38-53(56)59-63-57(42-18-7-2-8-19-42)62-58(64-59)43-20-9-3-10-21-43)44-22-17-29-50(37-44)66(47-23-11-4-12-24-47,48-25-13-5-14-26-48)49-27-15-6-16-28-49/h2-39H. The van der Waals surface area contributed by atoms with Crippen LogP contribution in [-0.4, -0.2) is 27.6 Å². The molecule has 2 aromatic heterocycles. The van der Waals surface area contributed by atoms with Crippen LogP contribution in [0.25, 0.3) is 77.6 Å². The van der Waals surface area contributed by atoms with Crippen LogP contribution in [0.1, 0.15) is 5.56 Å². The maximum absolute atomic E-state index is 10.0. The van der Waals surface area contributed by atoms with Gasteiger partial charge in [-0.2, -0.15) is 5.26 Å². The van der Waals surface area contributed by atoms with Gasteiger partial charge in [0.2, 0.25) is 0 Å². The number of nitrogens with zero attached hydrogens (tertiary/aromatic N) is 6. The Kier molecular flexibility index (Phi) is 10.2. The van der Waals surface area contributed by atoms with E-state index in [0.29, 0.717) is 28.7 Å². The van der Waals surface area contributed by atoms with Crippen molar-refractivity contribution in [2.24, 2.45) is 0 Å². The molecule has 0 unspecified atom stereocenters. The minimum Gasteiger partial charge on any atom is -0.309 e. The molecule has 0 aliphatic heterocycles.